The van der Waals surface area contributed by atoms with Crippen molar-refractivity contribution in [2.24, 2.45) is 10.1 Å². The van der Waals surface area contributed by atoms with Crippen molar-refractivity contribution in [3.8, 4) is 11.5 Å². The van der Waals surface area contributed by atoms with E-state index >= 15 is 0 Å². The summed E-state index contributed by atoms with van der Waals surface area (Å²) >= 11 is 20.2. The lowest BCUT2D eigenvalue weighted by molar-refractivity contribution is -0.114. The van der Waals surface area contributed by atoms with Crippen molar-refractivity contribution < 1.29 is 14.3 Å². The average molecular weight is 572 g/mol. The van der Waals surface area contributed by atoms with E-state index in [9.17, 15) is 4.79 Å². The van der Waals surface area contributed by atoms with E-state index < -0.39 is 5.91 Å². The highest BCUT2D eigenvalue weighted by Gasteiger charge is 2.36. The second-order valence-corrected chi connectivity index (χ2v) is 10.00. The smallest absolute Gasteiger partial charge is 0.283 e. The number of nitrogens with one attached hydrogen (secondary N) is 1. The predicted molar refractivity (Wildman–Crippen MR) is 149 cm³/mol. The lowest BCUT2D eigenvalue weighted by atomic mass is 10.1. The van der Waals surface area contributed by atoms with Crippen LogP contribution in [0.1, 0.15) is 16.7 Å². The van der Waals surface area contributed by atoms with Crippen molar-refractivity contribution in [3.63, 3.8) is 0 Å². The van der Waals surface area contributed by atoms with E-state index in [0.717, 1.165) is 5.56 Å². The molecule has 0 fully saturated rings. The van der Waals surface area contributed by atoms with Crippen LogP contribution in [0.25, 0.3) is 6.08 Å². The maximum Gasteiger partial charge on any atom is 0.283 e. The normalized spacial score (nSPS) is 16.0. The Hall–Kier alpha value is -3.30. The molecule has 0 unspecified atom stereocenters. The number of fused-ring (bicyclic) bond motifs is 1. The van der Waals surface area contributed by atoms with Crippen LogP contribution >= 0.6 is 46.6 Å². The molecule has 1 N–H and O–H groups in total. The molecule has 186 valence electrons. The molecule has 2 aliphatic heterocycles. The van der Waals surface area contributed by atoms with Crippen LogP contribution in [0.3, 0.4) is 0 Å². The van der Waals surface area contributed by atoms with Crippen LogP contribution in [0.15, 0.2) is 76.3 Å². The van der Waals surface area contributed by atoms with Gasteiger partial charge < -0.3 is 9.47 Å². The quantitative estimate of drug-likeness (QED) is 0.325. The van der Waals surface area contributed by atoms with Gasteiger partial charge in [0, 0.05) is 16.1 Å². The molecular weight excluding hydrogens is 555 g/mol. The van der Waals surface area contributed by atoms with E-state index in [1.807, 2.05) is 36.4 Å². The number of ether oxygens (including phenoxy) is 2. The summed E-state index contributed by atoms with van der Waals surface area (Å²) in [6.07, 6.45) is 1.52. The molecule has 3 aromatic rings. The maximum absolute atomic E-state index is 12.8. The fraction of sp³-hybridized carbons (Fsp3) is 0.0769. The molecule has 0 aliphatic carbocycles. The van der Waals surface area contributed by atoms with E-state index in [1.54, 1.807) is 24.3 Å². The van der Waals surface area contributed by atoms with Gasteiger partial charge in [0.1, 0.15) is 11.7 Å². The number of amides is 1. The predicted octanol–water partition coefficient (Wildman–Crippen LogP) is 6.90. The van der Waals surface area contributed by atoms with E-state index in [0.29, 0.717) is 42.9 Å². The van der Waals surface area contributed by atoms with Gasteiger partial charge in [-0.15, -0.1) is 0 Å². The molecule has 0 aromatic heterocycles. The Morgan fingerprint density at radius 2 is 1.76 bits per heavy atom. The van der Waals surface area contributed by atoms with Crippen LogP contribution in [-0.2, 0) is 11.4 Å². The number of hydrogen-bond acceptors (Lipinski definition) is 6. The first-order valence-electron chi connectivity index (χ1n) is 10.8. The molecule has 11 heteroatoms. The van der Waals surface area contributed by atoms with Crippen molar-refractivity contribution in [3.05, 3.63) is 98.0 Å². The van der Waals surface area contributed by atoms with Crippen molar-refractivity contribution in [2.45, 2.75) is 6.61 Å². The number of aliphatic imine (C=N–C) groups is 1. The number of halogens is 3. The number of amidine groups is 2. The fourth-order valence-corrected chi connectivity index (χ4v) is 5.31. The summed E-state index contributed by atoms with van der Waals surface area (Å²) in [5.41, 5.74) is 2.07. The standard InChI is InChI=1S/C26H17Cl3N4O3S/c1-35-21-12-14(11-20(29)22(21)36-13-15-6-2-4-8-18(15)27)10-17-23(30)33-26(31-24(17)34)37-25(32-33)16-7-3-5-9-19(16)28/h2-12,30H,13H2,1H3. The Morgan fingerprint density at radius 1 is 1.03 bits per heavy atom. The molecule has 5 rings (SSSR count). The van der Waals surface area contributed by atoms with Crippen molar-refractivity contribution in [1.29, 1.82) is 5.41 Å². The lowest BCUT2D eigenvalue weighted by Crippen LogP contribution is -2.35. The third kappa shape index (κ3) is 5.10. The highest BCUT2D eigenvalue weighted by Crippen LogP contribution is 2.39. The first-order valence-corrected chi connectivity index (χ1v) is 12.8. The molecule has 2 aliphatic rings. The zero-order chi connectivity index (χ0) is 26.1. The molecule has 0 saturated heterocycles. The highest BCUT2D eigenvalue weighted by molar-refractivity contribution is 8.27. The third-order valence-corrected chi connectivity index (χ3v) is 7.37. The second-order valence-electron chi connectivity index (χ2n) is 7.82. The number of methoxy groups -OCH3 is 1. The van der Waals surface area contributed by atoms with Crippen LogP contribution in [0.4, 0.5) is 0 Å². The monoisotopic (exact) mass is 570 g/mol. The summed E-state index contributed by atoms with van der Waals surface area (Å²) in [6, 6.07) is 17.8. The lowest BCUT2D eigenvalue weighted by Gasteiger charge is -2.20. The van der Waals surface area contributed by atoms with Gasteiger partial charge in [0.05, 0.1) is 22.7 Å². The van der Waals surface area contributed by atoms with Crippen LogP contribution in [0, 0.1) is 5.41 Å². The summed E-state index contributed by atoms with van der Waals surface area (Å²) in [7, 11) is 1.49. The Labute approximate surface area is 231 Å². The SMILES string of the molecule is COc1cc(C=C2C(=N)N3N=C(c4ccccc4Cl)SC3=NC2=O)cc(Cl)c1OCc1ccccc1Cl. The fourth-order valence-electron chi connectivity index (χ4n) is 3.63. The number of benzene rings is 3. The summed E-state index contributed by atoms with van der Waals surface area (Å²) in [4.78, 5) is 17.0. The zero-order valence-electron chi connectivity index (χ0n) is 19.2. The van der Waals surface area contributed by atoms with Gasteiger partial charge in [0.25, 0.3) is 5.91 Å². The highest BCUT2D eigenvalue weighted by atomic mass is 35.5. The van der Waals surface area contributed by atoms with Gasteiger partial charge in [-0.3, -0.25) is 10.2 Å². The first-order chi connectivity index (χ1) is 17.9. The van der Waals surface area contributed by atoms with Crippen molar-refractivity contribution >= 4 is 74.6 Å². The molecule has 2 heterocycles. The van der Waals surface area contributed by atoms with Gasteiger partial charge >= 0.3 is 0 Å². The molecule has 0 saturated carbocycles. The number of carbonyl (C=O) groups is 1. The third-order valence-electron chi connectivity index (χ3n) is 5.45. The van der Waals surface area contributed by atoms with Gasteiger partial charge in [0.15, 0.2) is 17.3 Å². The molecule has 0 bridgehead atoms. The maximum atomic E-state index is 12.8. The summed E-state index contributed by atoms with van der Waals surface area (Å²) < 4.78 is 11.4. The van der Waals surface area contributed by atoms with Gasteiger partial charge in [-0.05, 0) is 47.7 Å². The molecule has 0 radical (unpaired) electrons. The molecule has 7 nitrogen and oxygen atoms in total. The zero-order valence-corrected chi connectivity index (χ0v) is 22.3. The molecule has 1 amide bonds. The van der Waals surface area contributed by atoms with E-state index in [-0.39, 0.29) is 23.0 Å². The molecule has 3 aromatic carbocycles. The Bertz CT molecular complexity index is 1540. The molecule has 37 heavy (non-hydrogen) atoms. The number of rotatable bonds is 6. The Balaban J connectivity index is 1.43. The average Bonchev–Trinajstić information content (AvgIpc) is 3.30. The summed E-state index contributed by atoms with van der Waals surface area (Å²) in [5, 5.41) is 16.6. The topological polar surface area (TPSA) is 87.3 Å². The second kappa shape index (κ2) is 10.6. The van der Waals surface area contributed by atoms with Gasteiger partial charge in [-0.2, -0.15) is 15.1 Å². The van der Waals surface area contributed by atoms with Gasteiger partial charge in [-0.25, -0.2) is 0 Å². The Kier molecular flexibility index (Phi) is 7.26. The van der Waals surface area contributed by atoms with E-state index in [1.165, 1.54) is 30.0 Å². The molecule has 0 atom stereocenters. The van der Waals surface area contributed by atoms with Crippen LogP contribution in [0.5, 0.6) is 11.5 Å². The van der Waals surface area contributed by atoms with Crippen molar-refractivity contribution in [1.82, 2.24) is 5.01 Å². The largest absolute Gasteiger partial charge is 0.493 e. The first kappa shape index (κ1) is 25.4. The number of carbonyl (C=O) groups excluding carboxylic acids is 1. The van der Waals surface area contributed by atoms with Gasteiger partial charge in [0.2, 0.25) is 5.17 Å². The summed E-state index contributed by atoms with van der Waals surface area (Å²) in [6.45, 7) is 0.190. The number of thioether (sulfide) groups is 1. The molecule has 0 spiro atoms. The Morgan fingerprint density at radius 3 is 2.49 bits per heavy atom. The van der Waals surface area contributed by atoms with Crippen molar-refractivity contribution in [2.75, 3.05) is 7.11 Å². The minimum Gasteiger partial charge on any atom is -0.493 e. The minimum absolute atomic E-state index is 0.0522. The van der Waals surface area contributed by atoms with Crippen LogP contribution in [-0.4, -0.2) is 34.1 Å². The van der Waals surface area contributed by atoms with E-state index in [2.05, 4.69) is 10.1 Å². The van der Waals surface area contributed by atoms with Gasteiger partial charge in [-0.1, -0.05) is 71.2 Å². The van der Waals surface area contributed by atoms with Crippen LogP contribution in [0.2, 0.25) is 15.1 Å². The minimum atomic E-state index is -0.562. The molecular formula is C26H17Cl3N4O3S. The number of hydrogen-bond donors (Lipinski definition) is 1. The summed E-state index contributed by atoms with van der Waals surface area (Å²) in [5.74, 6) is 0.0230. The number of nitrogens with zero attached hydrogens (tertiary/aromatic N) is 3. The number of hydrazone groups is 1. The van der Waals surface area contributed by atoms with Crippen LogP contribution < -0.4 is 9.47 Å². The van der Waals surface area contributed by atoms with E-state index in [4.69, 9.17) is 49.7 Å².